The normalized spacial score (nSPS) is 19.7. The second kappa shape index (κ2) is 11.6. The van der Waals surface area contributed by atoms with Crippen LogP contribution in [0.15, 0.2) is 67.0 Å². The number of para-hydroxylation sites is 1. The molecule has 3 aromatic rings. The van der Waals surface area contributed by atoms with Crippen LogP contribution in [-0.4, -0.2) is 60.0 Å². The number of nitrogens with zero attached hydrogens (tertiary/aromatic N) is 4. The minimum absolute atomic E-state index is 0.0797. The predicted octanol–water partition coefficient (Wildman–Crippen LogP) is 4.74. The molecule has 9 nitrogen and oxygen atoms in total. The van der Waals surface area contributed by atoms with Crippen molar-refractivity contribution in [3.63, 3.8) is 0 Å². The van der Waals surface area contributed by atoms with Gasteiger partial charge in [0.05, 0.1) is 12.1 Å². The van der Waals surface area contributed by atoms with E-state index in [1.165, 1.54) is 29.2 Å². The van der Waals surface area contributed by atoms with Crippen LogP contribution in [0.2, 0.25) is 5.02 Å². The van der Waals surface area contributed by atoms with Crippen molar-refractivity contribution in [1.29, 1.82) is 0 Å². The van der Waals surface area contributed by atoms with E-state index in [-0.39, 0.29) is 35.9 Å². The summed E-state index contributed by atoms with van der Waals surface area (Å²) in [6.45, 7) is 0.215. The second-order valence-corrected chi connectivity index (χ2v) is 10.8. The molecule has 0 spiro atoms. The quantitative estimate of drug-likeness (QED) is 0.332. The van der Waals surface area contributed by atoms with Crippen molar-refractivity contribution in [2.75, 3.05) is 36.8 Å². The summed E-state index contributed by atoms with van der Waals surface area (Å²) in [5.74, 6) is -4.24. The third-order valence-corrected chi connectivity index (χ3v) is 7.87. The molecule has 1 saturated heterocycles. The molecule has 2 aliphatic heterocycles. The largest absolute Gasteiger partial charge is 0.497 e. The zero-order valence-corrected chi connectivity index (χ0v) is 23.1. The Labute approximate surface area is 244 Å². The van der Waals surface area contributed by atoms with Gasteiger partial charge in [-0.05, 0) is 47.8 Å². The van der Waals surface area contributed by atoms with Crippen LogP contribution >= 0.6 is 11.6 Å². The summed E-state index contributed by atoms with van der Waals surface area (Å²) in [5.41, 5.74) is 7.60. The third-order valence-electron chi connectivity index (χ3n) is 7.63. The van der Waals surface area contributed by atoms with E-state index in [2.05, 4.69) is 9.88 Å². The average molecular weight is 603 g/mol. The van der Waals surface area contributed by atoms with Crippen molar-refractivity contribution in [2.45, 2.75) is 25.6 Å². The number of hydrogen-bond acceptors (Lipinski definition) is 7. The summed E-state index contributed by atoms with van der Waals surface area (Å²) in [7, 11) is 0. The number of fused-ring (bicyclic) bond motifs is 1. The zero-order valence-electron chi connectivity index (χ0n) is 22.4. The number of nitrogens with two attached hydrogens (primary N) is 1. The molecule has 0 saturated carbocycles. The van der Waals surface area contributed by atoms with Crippen LogP contribution in [0.1, 0.15) is 28.8 Å². The minimum Gasteiger partial charge on any atom is -0.398 e. The highest BCUT2D eigenvalue weighted by molar-refractivity contribution is 6.31. The van der Waals surface area contributed by atoms with E-state index in [1.807, 2.05) is 12.1 Å². The number of hydrogen-bond donors (Lipinski definition) is 1. The summed E-state index contributed by atoms with van der Waals surface area (Å²) in [5, 5.41) is 0.311. The molecule has 42 heavy (non-hydrogen) atoms. The summed E-state index contributed by atoms with van der Waals surface area (Å²) in [6, 6.07) is 14.3. The van der Waals surface area contributed by atoms with Crippen molar-refractivity contribution in [3.8, 4) is 0 Å². The van der Waals surface area contributed by atoms with Gasteiger partial charge in [-0.3, -0.25) is 14.6 Å². The van der Waals surface area contributed by atoms with Crippen LogP contribution in [-0.2, 0) is 21.0 Å². The SMILES string of the molecule is Nc1cc(Cl)ccc1C(=O)N1CC(=O)[N+](CC2CCN(c3ccncc3)CC2)(OC(=O)C(F)(F)F)c2ccccc2C1. The highest BCUT2D eigenvalue weighted by atomic mass is 35.5. The van der Waals surface area contributed by atoms with Gasteiger partial charge in [-0.25, -0.2) is 9.59 Å². The molecule has 1 aromatic heterocycles. The molecular weight excluding hydrogens is 575 g/mol. The molecule has 2 N–H and O–H groups in total. The van der Waals surface area contributed by atoms with Gasteiger partial charge < -0.3 is 15.5 Å². The molecule has 0 radical (unpaired) electrons. The average Bonchev–Trinajstić information content (AvgIpc) is 3.07. The van der Waals surface area contributed by atoms with E-state index in [1.54, 1.807) is 30.6 Å². The van der Waals surface area contributed by atoms with E-state index in [0.717, 1.165) is 5.69 Å². The first kappa shape index (κ1) is 29.3. The highest BCUT2D eigenvalue weighted by Gasteiger charge is 2.56. The molecule has 0 bridgehead atoms. The molecule has 3 heterocycles. The van der Waals surface area contributed by atoms with Gasteiger partial charge in [0.1, 0.15) is 13.1 Å². The van der Waals surface area contributed by atoms with Crippen molar-refractivity contribution in [2.24, 2.45) is 5.92 Å². The molecule has 0 aliphatic carbocycles. The monoisotopic (exact) mass is 602 g/mol. The van der Waals surface area contributed by atoms with Gasteiger partial charge in [0.2, 0.25) is 0 Å². The first-order valence-corrected chi connectivity index (χ1v) is 13.7. The Morgan fingerprint density at radius 2 is 1.74 bits per heavy atom. The van der Waals surface area contributed by atoms with Gasteiger partial charge in [-0.1, -0.05) is 29.8 Å². The molecule has 1 fully saturated rings. The first-order chi connectivity index (χ1) is 20.0. The predicted molar refractivity (Wildman–Crippen MR) is 150 cm³/mol. The number of rotatable bonds is 5. The van der Waals surface area contributed by atoms with Gasteiger partial charge in [0.25, 0.3) is 5.91 Å². The van der Waals surface area contributed by atoms with Crippen LogP contribution in [0.3, 0.4) is 0 Å². The number of carbonyl (C=O) groups excluding carboxylic acids is 3. The number of aromatic nitrogens is 1. The Hall–Kier alpha value is -4.16. The number of anilines is 2. The van der Waals surface area contributed by atoms with Crippen molar-refractivity contribution in [1.82, 2.24) is 14.5 Å². The maximum absolute atomic E-state index is 14.1. The van der Waals surface area contributed by atoms with Crippen LogP contribution in [0.25, 0.3) is 0 Å². The lowest BCUT2D eigenvalue weighted by atomic mass is 9.95. The van der Waals surface area contributed by atoms with Crippen LogP contribution in [0.4, 0.5) is 30.2 Å². The zero-order chi connectivity index (χ0) is 30.1. The first-order valence-electron chi connectivity index (χ1n) is 13.3. The van der Waals surface area contributed by atoms with Crippen LogP contribution < -0.4 is 15.3 Å². The Bertz CT molecular complexity index is 1500. The standard InChI is InChI=1S/C29H27ClF3N5O4/c30-21-5-6-23(24(34)15-21)27(40)37-16-20-3-1-2-4-25(20)38(26(39)17-37,42-28(41)29(31,32)33)18-19-9-13-36(14-10-19)22-7-11-35-12-8-22/h1-8,11-12,15,19H,9-10,13-14,16-18H2,(H-,34,40)/p+1. The lowest BCUT2D eigenvalue weighted by molar-refractivity contribution is -0.235. The van der Waals surface area contributed by atoms with Gasteiger partial charge in [-0.2, -0.15) is 13.2 Å². The van der Waals surface area contributed by atoms with Crippen molar-refractivity contribution >= 4 is 46.4 Å². The number of carbonyl (C=O) groups is 3. The number of alkyl halides is 3. The van der Waals surface area contributed by atoms with Crippen LogP contribution in [0.5, 0.6) is 0 Å². The maximum atomic E-state index is 14.1. The fraction of sp³-hybridized carbons (Fsp3) is 0.310. The van der Waals surface area contributed by atoms with Gasteiger partial charge in [-0.15, -0.1) is 0 Å². The molecule has 220 valence electrons. The molecule has 5 rings (SSSR count). The summed E-state index contributed by atoms with van der Waals surface area (Å²) in [6.07, 6.45) is -0.924. The van der Waals surface area contributed by atoms with Gasteiger partial charge in [0, 0.05) is 59.4 Å². The Balaban J connectivity index is 1.50. The number of halogens is 4. The third kappa shape index (κ3) is 5.90. The minimum atomic E-state index is -5.34. The van der Waals surface area contributed by atoms with Crippen molar-refractivity contribution in [3.05, 3.63) is 83.1 Å². The molecule has 13 heteroatoms. The Morgan fingerprint density at radius 1 is 1.05 bits per heavy atom. The van der Waals surface area contributed by atoms with E-state index >= 15 is 0 Å². The molecule has 2 amide bonds. The smallest absolute Gasteiger partial charge is 0.398 e. The lowest BCUT2D eigenvalue weighted by Gasteiger charge is -2.38. The number of hydroxylamine groups is 2. The summed E-state index contributed by atoms with van der Waals surface area (Å²) >= 11 is 5.98. The highest BCUT2D eigenvalue weighted by Crippen LogP contribution is 2.38. The number of quaternary nitrogens is 1. The fourth-order valence-corrected chi connectivity index (χ4v) is 5.72. The van der Waals surface area contributed by atoms with Crippen molar-refractivity contribution < 1.29 is 32.4 Å². The molecule has 2 aromatic carbocycles. The number of nitrogen functional groups attached to an aromatic ring is 1. The number of pyridine rings is 1. The van der Waals surface area contributed by atoms with Gasteiger partial charge >= 0.3 is 18.1 Å². The Morgan fingerprint density at radius 3 is 2.40 bits per heavy atom. The maximum Gasteiger partial charge on any atom is 0.497 e. The molecular formula is C29H28ClF3N5O4+. The summed E-state index contributed by atoms with van der Waals surface area (Å²) < 4.78 is 39.5. The number of benzene rings is 2. The summed E-state index contributed by atoms with van der Waals surface area (Å²) in [4.78, 5) is 52.5. The van der Waals surface area contributed by atoms with E-state index in [0.29, 0.717) is 36.5 Å². The topological polar surface area (TPSA) is 106 Å². The van der Waals surface area contributed by atoms with E-state index in [4.69, 9.17) is 22.2 Å². The number of piperidine rings is 1. The molecule has 2 aliphatic rings. The fourth-order valence-electron chi connectivity index (χ4n) is 5.54. The lowest BCUT2D eigenvalue weighted by Crippen LogP contribution is -2.61. The molecule has 1 atom stereocenters. The second-order valence-electron chi connectivity index (χ2n) is 10.3. The number of amides is 2. The Kier molecular flexibility index (Phi) is 8.11. The molecule has 1 unspecified atom stereocenters. The van der Waals surface area contributed by atoms with Gasteiger partial charge in [0.15, 0.2) is 5.69 Å². The van der Waals surface area contributed by atoms with Crippen LogP contribution in [0, 0.1) is 5.92 Å². The van der Waals surface area contributed by atoms with E-state index < -0.39 is 35.2 Å². The van der Waals surface area contributed by atoms with E-state index in [9.17, 15) is 27.6 Å².